The first kappa shape index (κ1) is 25.0. The Bertz CT molecular complexity index is 2470. The van der Waals surface area contributed by atoms with Gasteiger partial charge in [-0.1, -0.05) is 122 Å². The van der Waals surface area contributed by atoms with E-state index in [2.05, 4.69) is 139 Å². The molecule has 2 atom stereocenters. The van der Waals surface area contributed by atoms with Gasteiger partial charge in [0.15, 0.2) is 0 Å². The van der Waals surface area contributed by atoms with Crippen molar-refractivity contribution in [3.05, 3.63) is 151 Å². The number of para-hydroxylation sites is 1. The third-order valence-electron chi connectivity index (χ3n) is 9.20. The Morgan fingerprint density at radius 3 is 2.25 bits per heavy atom. The molecule has 3 heteroatoms. The van der Waals surface area contributed by atoms with Crippen LogP contribution < -0.4 is 0 Å². The van der Waals surface area contributed by atoms with Crippen LogP contribution in [-0.2, 0) is 0 Å². The van der Waals surface area contributed by atoms with Gasteiger partial charge in [0.25, 0.3) is 0 Å². The smallest absolute Gasteiger partial charge is 0.143 e. The van der Waals surface area contributed by atoms with Gasteiger partial charge in [-0.15, -0.1) is 0 Å². The van der Waals surface area contributed by atoms with Gasteiger partial charge in [-0.05, 0) is 46.2 Å². The SMILES string of the molecule is CC1C=CC(c2cccc3c2oc2c4ccccc4c(-c4ccccc4)cc32)=CC1c1ccc2ccc3cccnc3c2n1. The van der Waals surface area contributed by atoms with E-state index < -0.39 is 0 Å². The molecule has 9 rings (SSSR count). The van der Waals surface area contributed by atoms with Crippen LogP contribution in [0.3, 0.4) is 0 Å². The second kappa shape index (κ2) is 9.75. The predicted octanol–water partition coefficient (Wildman–Crippen LogP) is 10.9. The Morgan fingerprint density at radius 1 is 0.614 bits per heavy atom. The number of pyridine rings is 2. The van der Waals surface area contributed by atoms with Crippen LogP contribution in [0.25, 0.3) is 71.2 Å². The lowest BCUT2D eigenvalue weighted by atomic mass is 9.82. The summed E-state index contributed by atoms with van der Waals surface area (Å²) in [6.07, 6.45) is 8.76. The molecular formula is C41H28N2O. The van der Waals surface area contributed by atoms with E-state index >= 15 is 0 Å². The number of nitrogens with zero attached hydrogens (tertiary/aromatic N) is 2. The van der Waals surface area contributed by atoms with Crippen molar-refractivity contribution in [2.45, 2.75) is 12.8 Å². The summed E-state index contributed by atoms with van der Waals surface area (Å²) in [5.41, 5.74) is 9.50. The van der Waals surface area contributed by atoms with Gasteiger partial charge in [0.1, 0.15) is 11.2 Å². The van der Waals surface area contributed by atoms with Gasteiger partial charge in [-0.3, -0.25) is 4.98 Å². The van der Waals surface area contributed by atoms with Crippen LogP contribution in [0.2, 0.25) is 0 Å². The first-order chi connectivity index (χ1) is 21.7. The number of benzene rings is 5. The summed E-state index contributed by atoms with van der Waals surface area (Å²) in [5.74, 6) is 0.433. The molecule has 0 amide bonds. The minimum absolute atomic E-state index is 0.128. The van der Waals surface area contributed by atoms with Gasteiger partial charge < -0.3 is 4.42 Å². The Hall–Kier alpha value is -5.54. The van der Waals surface area contributed by atoms with Crippen molar-refractivity contribution < 1.29 is 4.42 Å². The lowest BCUT2D eigenvalue weighted by Crippen LogP contribution is -2.11. The summed E-state index contributed by atoms with van der Waals surface area (Å²) in [6, 6.07) is 40.7. The van der Waals surface area contributed by atoms with Gasteiger partial charge in [0, 0.05) is 50.3 Å². The van der Waals surface area contributed by atoms with E-state index in [1.165, 1.54) is 16.5 Å². The van der Waals surface area contributed by atoms with Crippen LogP contribution in [0.5, 0.6) is 0 Å². The summed E-state index contributed by atoms with van der Waals surface area (Å²) >= 11 is 0. The van der Waals surface area contributed by atoms with Crippen molar-refractivity contribution in [1.82, 2.24) is 9.97 Å². The minimum atomic E-state index is 0.128. The normalized spacial score (nSPS) is 16.8. The third kappa shape index (κ3) is 3.83. The predicted molar refractivity (Wildman–Crippen MR) is 183 cm³/mol. The number of hydrogen-bond donors (Lipinski definition) is 0. The molecule has 0 aliphatic heterocycles. The molecule has 2 unspecified atom stereocenters. The van der Waals surface area contributed by atoms with E-state index in [1.807, 2.05) is 12.3 Å². The molecule has 0 fully saturated rings. The Morgan fingerprint density at radius 2 is 1.36 bits per heavy atom. The molecule has 3 aromatic heterocycles. The van der Waals surface area contributed by atoms with Gasteiger partial charge in [0.2, 0.25) is 0 Å². The van der Waals surface area contributed by atoms with Crippen LogP contribution in [-0.4, -0.2) is 9.97 Å². The molecule has 3 nitrogen and oxygen atoms in total. The topological polar surface area (TPSA) is 38.9 Å². The standard InChI is InChI=1S/C41H28N2O/c1-25-16-17-29(23-34(25)37-21-20-28-19-18-27-11-8-22-42-38(27)39(28)43-37)30-14-7-15-33-36-24-35(26-9-3-2-4-10-26)31-12-5-6-13-32(31)41(36)44-40(30)33/h2-25,34H,1H3. The molecule has 8 aromatic rings. The molecule has 0 spiro atoms. The lowest BCUT2D eigenvalue weighted by Gasteiger charge is -2.23. The summed E-state index contributed by atoms with van der Waals surface area (Å²) in [7, 11) is 0. The number of aromatic nitrogens is 2. The number of hydrogen-bond acceptors (Lipinski definition) is 3. The number of fused-ring (bicyclic) bond motifs is 8. The zero-order valence-electron chi connectivity index (χ0n) is 24.2. The fourth-order valence-corrected chi connectivity index (χ4v) is 6.94. The lowest BCUT2D eigenvalue weighted by molar-refractivity contribution is 0.624. The number of allylic oxidation sites excluding steroid dienone is 4. The average Bonchev–Trinajstić information content (AvgIpc) is 3.47. The molecule has 44 heavy (non-hydrogen) atoms. The molecule has 0 bridgehead atoms. The third-order valence-corrected chi connectivity index (χ3v) is 9.20. The van der Waals surface area contributed by atoms with E-state index in [1.54, 1.807) is 0 Å². The molecule has 0 radical (unpaired) electrons. The highest BCUT2D eigenvalue weighted by molar-refractivity contribution is 6.20. The molecule has 1 aliphatic rings. The molecule has 5 aromatic carbocycles. The zero-order valence-corrected chi connectivity index (χ0v) is 24.2. The summed E-state index contributed by atoms with van der Waals surface area (Å²) in [4.78, 5) is 9.89. The van der Waals surface area contributed by atoms with Crippen molar-refractivity contribution in [3.63, 3.8) is 0 Å². The Labute approximate surface area is 254 Å². The van der Waals surface area contributed by atoms with Crippen molar-refractivity contribution in [2.24, 2.45) is 5.92 Å². The van der Waals surface area contributed by atoms with Gasteiger partial charge in [0.05, 0.1) is 11.0 Å². The van der Waals surface area contributed by atoms with Crippen molar-refractivity contribution in [2.75, 3.05) is 0 Å². The van der Waals surface area contributed by atoms with Crippen LogP contribution in [0.1, 0.15) is 24.1 Å². The van der Waals surface area contributed by atoms with Gasteiger partial charge in [-0.2, -0.15) is 0 Å². The fourth-order valence-electron chi connectivity index (χ4n) is 6.94. The van der Waals surface area contributed by atoms with Crippen LogP contribution in [0.15, 0.2) is 144 Å². The van der Waals surface area contributed by atoms with E-state index in [4.69, 9.17) is 9.40 Å². The molecule has 0 saturated heterocycles. The first-order valence-electron chi connectivity index (χ1n) is 15.2. The van der Waals surface area contributed by atoms with E-state index in [0.717, 1.165) is 66.0 Å². The van der Waals surface area contributed by atoms with E-state index in [0.29, 0.717) is 5.92 Å². The van der Waals surface area contributed by atoms with Crippen molar-refractivity contribution >= 4 is 60.1 Å². The van der Waals surface area contributed by atoms with E-state index in [-0.39, 0.29) is 5.92 Å². The summed E-state index contributed by atoms with van der Waals surface area (Å²) in [6.45, 7) is 2.26. The largest absolute Gasteiger partial charge is 0.455 e. The maximum Gasteiger partial charge on any atom is 0.143 e. The Balaban J connectivity index is 1.22. The van der Waals surface area contributed by atoms with Crippen molar-refractivity contribution in [3.8, 4) is 11.1 Å². The van der Waals surface area contributed by atoms with Crippen LogP contribution in [0.4, 0.5) is 0 Å². The first-order valence-corrected chi connectivity index (χ1v) is 15.2. The average molecular weight is 565 g/mol. The molecule has 0 saturated carbocycles. The zero-order chi connectivity index (χ0) is 29.2. The maximum atomic E-state index is 6.82. The highest BCUT2D eigenvalue weighted by Gasteiger charge is 2.24. The molecule has 3 heterocycles. The second-order valence-electron chi connectivity index (χ2n) is 11.8. The molecule has 208 valence electrons. The monoisotopic (exact) mass is 564 g/mol. The minimum Gasteiger partial charge on any atom is -0.455 e. The molecular weight excluding hydrogens is 536 g/mol. The fraction of sp³-hybridized carbons (Fsp3) is 0.0732. The Kier molecular flexibility index (Phi) is 5.54. The van der Waals surface area contributed by atoms with Crippen molar-refractivity contribution in [1.29, 1.82) is 0 Å². The highest BCUT2D eigenvalue weighted by atomic mass is 16.3. The molecule has 0 N–H and O–H groups in total. The van der Waals surface area contributed by atoms with Gasteiger partial charge >= 0.3 is 0 Å². The van der Waals surface area contributed by atoms with Crippen LogP contribution in [0, 0.1) is 5.92 Å². The number of rotatable bonds is 3. The van der Waals surface area contributed by atoms with Crippen LogP contribution >= 0.6 is 0 Å². The number of furan rings is 1. The quantitative estimate of drug-likeness (QED) is 0.200. The summed E-state index contributed by atoms with van der Waals surface area (Å²) in [5, 5.41) is 6.81. The second-order valence-corrected chi connectivity index (χ2v) is 11.8. The van der Waals surface area contributed by atoms with E-state index in [9.17, 15) is 0 Å². The summed E-state index contributed by atoms with van der Waals surface area (Å²) < 4.78 is 6.82. The maximum absolute atomic E-state index is 6.82. The highest BCUT2D eigenvalue weighted by Crippen LogP contribution is 2.43. The molecule has 1 aliphatic carbocycles. The van der Waals surface area contributed by atoms with Gasteiger partial charge in [-0.25, -0.2) is 4.98 Å².